The molecule has 0 bridgehead atoms. The van der Waals surface area contributed by atoms with Crippen molar-refractivity contribution in [1.82, 2.24) is 0 Å². The number of hydrogen-bond acceptors (Lipinski definition) is 2. The molecule has 1 rings (SSSR count). The van der Waals surface area contributed by atoms with Crippen LogP contribution in [0.2, 0.25) is 0 Å². The molecule has 0 aliphatic rings. The minimum Gasteiger partial charge on any atom is -0.462 e. The van der Waals surface area contributed by atoms with Gasteiger partial charge in [0.15, 0.2) is 0 Å². The summed E-state index contributed by atoms with van der Waals surface area (Å²) in [4.78, 5) is 11.8. The molecule has 0 spiro atoms. The summed E-state index contributed by atoms with van der Waals surface area (Å²) in [5.41, 5.74) is 1.54. The lowest BCUT2D eigenvalue weighted by Gasteiger charge is -2.08. The van der Waals surface area contributed by atoms with Gasteiger partial charge in [-0.25, -0.2) is 4.79 Å². The van der Waals surface area contributed by atoms with Crippen molar-refractivity contribution in [1.29, 1.82) is 0 Å². The Balaban J connectivity index is 2.66. The van der Waals surface area contributed by atoms with Crippen LogP contribution in [0, 0.1) is 6.92 Å². The summed E-state index contributed by atoms with van der Waals surface area (Å²) in [5.74, 6) is -0.244. The van der Waals surface area contributed by atoms with Gasteiger partial charge in [0, 0.05) is 8.95 Å². The van der Waals surface area contributed by atoms with Gasteiger partial charge in [-0.2, -0.15) is 0 Å². The summed E-state index contributed by atoms with van der Waals surface area (Å²) in [6.45, 7) is 4.53. The van der Waals surface area contributed by atoms with Gasteiger partial charge in [-0.05, 0) is 62.9 Å². The summed E-state index contributed by atoms with van der Waals surface area (Å²) >= 11 is 6.79. The maximum absolute atomic E-state index is 11.8. The molecule has 0 heterocycles. The van der Waals surface area contributed by atoms with E-state index < -0.39 is 0 Å². The Bertz CT molecular complexity index is 403. The number of rotatable bonds is 5. The maximum Gasteiger partial charge on any atom is 0.338 e. The highest BCUT2D eigenvalue weighted by Crippen LogP contribution is 2.26. The highest BCUT2D eigenvalue weighted by Gasteiger charge is 2.12. The third-order valence-electron chi connectivity index (χ3n) is 2.47. The molecular weight excluding hydrogens is 348 g/mol. The van der Waals surface area contributed by atoms with Gasteiger partial charge in [0.25, 0.3) is 0 Å². The van der Waals surface area contributed by atoms with Crippen LogP contribution in [0.1, 0.15) is 42.1 Å². The van der Waals surface area contributed by atoms with E-state index in [2.05, 4.69) is 38.8 Å². The van der Waals surface area contributed by atoms with Gasteiger partial charge >= 0.3 is 5.97 Å². The lowest BCUT2D eigenvalue weighted by Crippen LogP contribution is -2.08. The maximum atomic E-state index is 11.8. The highest BCUT2D eigenvalue weighted by molar-refractivity contribution is 9.13. The molecule has 2 nitrogen and oxygen atoms in total. The van der Waals surface area contributed by atoms with E-state index in [0.29, 0.717) is 12.2 Å². The lowest BCUT2D eigenvalue weighted by atomic mass is 10.1. The van der Waals surface area contributed by atoms with E-state index in [4.69, 9.17) is 4.74 Å². The number of halogens is 2. The quantitative estimate of drug-likeness (QED) is 0.551. The van der Waals surface area contributed by atoms with E-state index >= 15 is 0 Å². The van der Waals surface area contributed by atoms with Crippen molar-refractivity contribution in [2.45, 2.75) is 33.1 Å². The fraction of sp³-hybridized carbons (Fsp3) is 0.462. The van der Waals surface area contributed by atoms with Crippen molar-refractivity contribution in [3.63, 3.8) is 0 Å². The van der Waals surface area contributed by atoms with Crippen LogP contribution in [0.15, 0.2) is 21.1 Å². The van der Waals surface area contributed by atoms with Gasteiger partial charge in [-0.1, -0.05) is 19.8 Å². The van der Waals surface area contributed by atoms with Crippen LogP contribution in [0.3, 0.4) is 0 Å². The van der Waals surface area contributed by atoms with E-state index in [0.717, 1.165) is 33.8 Å². The Kier molecular flexibility index (Phi) is 6.20. The van der Waals surface area contributed by atoms with Crippen LogP contribution in [0.25, 0.3) is 0 Å². The minimum atomic E-state index is -0.244. The minimum absolute atomic E-state index is 0.244. The van der Waals surface area contributed by atoms with Gasteiger partial charge in [-0.3, -0.25) is 0 Å². The number of esters is 1. The second-order valence-corrected chi connectivity index (χ2v) is 5.63. The monoisotopic (exact) mass is 362 g/mol. The van der Waals surface area contributed by atoms with Gasteiger partial charge < -0.3 is 4.74 Å². The van der Waals surface area contributed by atoms with Gasteiger partial charge in [0.05, 0.1) is 12.2 Å². The molecule has 0 saturated carbocycles. The zero-order chi connectivity index (χ0) is 12.8. The number of carbonyl (C=O) groups excluding carboxylic acids is 1. The normalized spacial score (nSPS) is 10.4. The predicted octanol–water partition coefficient (Wildman–Crippen LogP) is 4.87. The molecule has 0 N–H and O–H groups in total. The lowest BCUT2D eigenvalue weighted by molar-refractivity contribution is 0.0497. The number of ether oxygens (including phenoxy) is 1. The average Bonchev–Trinajstić information content (AvgIpc) is 2.29. The molecule has 0 unspecified atom stereocenters. The Labute approximate surface area is 119 Å². The first-order valence-electron chi connectivity index (χ1n) is 5.69. The van der Waals surface area contributed by atoms with E-state index in [1.54, 1.807) is 6.07 Å². The zero-order valence-electron chi connectivity index (χ0n) is 10.1. The highest BCUT2D eigenvalue weighted by atomic mass is 79.9. The van der Waals surface area contributed by atoms with Gasteiger partial charge in [0.1, 0.15) is 0 Å². The molecule has 17 heavy (non-hydrogen) atoms. The molecule has 0 aromatic heterocycles. The van der Waals surface area contributed by atoms with E-state index in [-0.39, 0.29) is 5.97 Å². The number of aryl methyl sites for hydroxylation is 1. The Morgan fingerprint density at radius 2 is 1.88 bits per heavy atom. The molecule has 0 saturated heterocycles. The van der Waals surface area contributed by atoms with Crippen molar-refractivity contribution in [3.05, 3.63) is 32.2 Å². The molecule has 0 atom stereocenters. The van der Waals surface area contributed by atoms with Crippen LogP contribution >= 0.6 is 31.9 Å². The summed E-state index contributed by atoms with van der Waals surface area (Å²) < 4.78 is 7.04. The van der Waals surface area contributed by atoms with Gasteiger partial charge in [-0.15, -0.1) is 0 Å². The fourth-order valence-electron chi connectivity index (χ4n) is 1.46. The van der Waals surface area contributed by atoms with E-state index in [9.17, 15) is 4.79 Å². The zero-order valence-corrected chi connectivity index (χ0v) is 13.2. The van der Waals surface area contributed by atoms with Gasteiger partial charge in [0.2, 0.25) is 0 Å². The second kappa shape index (κ2) is 7.17. The molecule has 94 valence electrons. The average molecular weight is 364 g/mol. The third kappa shape index (κ3) is 4.43. The SMILES string of the molecule is CCCCCOC(=O)c1cc(Br)c(Br)cc1C. The standard InChI is InChI=1S/C13H16Br2O2/c1-3-4-5-6-17-13(16)10-8-12(15)11(14)7-9(10)2/h7-8H,3-6H2,1-2H3. The number of carbonyl (C=O) groups is 1. The summed E-state index contributed by atoms with van der Waals surface area (Å²) in [7, 11) is 0. The van der Waals surface area contributed by atoms with Crippen LogP contribution in [0.4, 0.5) is 0 Å². The molecule has 0 amide bonds. The second-order valence-electron chi connectivity index (χ2n) is 3.92. The Hall–Kier alpha value is -0.350. The Morgan fingerprint density at radius 1 is 1.24 bits per heavy atom. The molecule has 0 fully saturated rings. The largest absolute Gasteiger partial charge is 0.462 e. The molecular formula is C13H16Br2O2. The molecule has 0 radical (unpaired) electrons. The van der Waals surface area contributed by atoms with Crippen LogP contribution < -0.4 is 0 Å². The molecule has 1 aromatic carbocycles. The first-order chi connectivity index (χ1) is 8.06. The first kappa shape index (κ1) is 14.7. The molecule has 1 aromatic rings. The third-order valence-corrected chi connectivity index (χ3v) is 4.31. The summed E-state index contributed by atoms with van der Waals surface area (Å²) in [5, 5.41) is 0. The smallest absolute Gasteiger partial charge is 0.338 e. The molecule has 4 heteroatoms. The fourth-order valence-corrected chi connectivity index (χ4v) is 2.26. The van der Waals surface area contributed by atoms with Crippen molar-refractivity contribution in [2.75, 3.05) is 6.61 Å². The van der Waals surface area contributed by atoms with Crippen molar-refractivity contribution < 1.29 is 9.53 Å². The number of benzene rings is 1. The van der Waals surface area contributed by atoms with Crippen molar-refractivity contribution in [3.8, 4) is 0 Å². The topological polar surface area (TPSA) is 26.3 Å². The summed E-state index contributed by atoms with van der Waals surface area (Å²) in [6.07, 6.45) is 3.15. The van der Waals surface area contributed by atoms with Crippen LogP contribution in [-0.4, -0.2) is 12.6 Å². The molecule has 0 aliphatic heterocycles. The predicted molar refractivity (Wildman–Crippen MR) is 76.4 cm³/mol. The Morgan fingerprint density at radius 3 is 2.53 bits per heavy atom. The number of hydrogen-bond donors (Lipinski definition) is 0. The van der Waals surface area contributed by atoms with Crippen molar-refractivity contribution in [2.24, 2.45) is 0 Å². The first-order valence-corrected chi connectivity index (χ1v) is 7.27. The van der Waals surface area contributed by atoms with Crippen LogP contribution in [0.5, 0.6) is 0 Å². The molecule has 0 aliphatic carbocycles. The van der Waals surface area contributed by atoms with Crippen LogP contribution in [-0.2, 0) is 4.74 Å². The van der Waals surface area contributed by atoms with E-state index in [1.807, 2.05) is 13.0 Å². The summed E-state index contributed by atoms with van der Waals surface area (Å²) in [6, 6.07) is 3.70. The van der Waals surface area contributed by atoms with Crippen molar-refractivity contribution >= 4 is 37.8 Å². The number of unbranched alkanes of at least 4 members (excludes halogenated alkanes) is 2. The van der Waals surface area contributed by atoms with E-state index in [1.165, 1.54) is 0 Å².